The van der Waals surface area contributed by atoms with Gasteiger partial charge in [0, 0.05) is 12.1 Å². The number of halogens is 4. The third-order valence-corrected chi connectivity index (χ3v) is 5.95. The van der Waals surface area contributed by atoms with Crippen molar-refractivity contribution in [2.24, 2.45) is 0 Å². The molecule has 1 amide bonds. The van der Waals surface area contributed by atoms with Crippen LogP contribution in [0.2, 0.25) is 0 Å². The summed E-state index contributed by atoms with van der Waals surface area (Å²) in [6.45, 7) is 1.40. The molecule has 0 saturated heterocycles. The summed E-state index contributed by atoms with van der Waals surface area (Å²) in [7, 11) is -4.19. The van der Waals surface area contributed by atoms with Crippen LogP contribution >= 0.6 is 0 Å². The third-order valence-electron chi connectivity index (χ3n) is 4.59. The van der Waals surface area contributed by atoms with Crippen molar-refractivity contribution in [2.45, 2.75) is 24.5 Å². The van der Waals surface area contributed by atoms with E-state index in [0.29, 0.717) is 5.56 Å². The van der Waals surface area contributed by atoms with Gasteiger partial charge in [0.15, 0.2) is 0 Å². The van der Waals surface area contributed by atoms with Gasteiger partial charge in [-0.05, 0) is 54.4 Å². The van der Waals surface area contributed by atoms with Gasteiger partial charge in [0.2, 0.25) is 0 Å². The van der Waals surface area contributed by atoms with Crippen molar-refractivity contribution in [3.63, 3.8) is 0 Å². The van der Waals surface area contributed by atoms with Gasteiger partial charge < -0.3 is 5.32 Å². The Morgan fingerprint density at radius 2 is 1.69 bits per heavy atom. The predicted octanol–water partition coefficient (Wildman–Crippen LogP) is 4.88. The number of para-hydroxylation sites is 1. The predicted molar refractivity (Wildman–Crippen MR) is 111 cm³/mol. The fourth-order valence-electron chi connectivity index (χ4n) is 2.90. The Labute approximate surface area is 182 Å². The van der Waals surface area contributed by atoms with E-state index >= 15 is 0 Å². The summed E-state index contributed by atoms with van der Waals surface area (Å²) in [6.07, 6.45) is -4.51. The van der Waals surface area contributed by atoms with Crippen LogP contribution in [0.1, 0.15) is 27.0 Å². The van der Waals surface area contributed by atoms with Crippen LogP contribution < -0.4 is 10.0 Å². The molecule has 168 valence electrons. The summed E-state index contributed by atoms with van der Waals surface area (Å²) in [5.74, 6) is -1.43. The lowest BCUT2D eigenvalue weighted by Crippen LogP contribution is -2.24. The summed E-state index contributed by atoms with van der Waals surface area (Å²) >= 11 is 0. The van der Waals surface area contributed by atoms with Gasteiger partial charge in [-0.2, -0.15) is 13.2 Å². The number of carbonyl (C=O) groups excluding carboxylic acids is 1. The molecule has 0 aliphatic carbocycles. The van der Waals surface area contributed by atoms with Gasteiger partial charge in [-0.1, -0.05) is 30.3 Å². The van der Waals surface area contributed by atoms with Gasteiger partial charge in [-0.25, -0.2) is 12.8 Å². The topological polar surface area (TPSA) is 75.3 Å². The molecule has 0 atom stereocenters. The Balaban J connectivity index is 1.79. The Morgan fingerprint density at radius 1 is 0.969 bits per heavy atom. The lowest BCUT2D eigenvalue weighted by Gasteiger charge is -2.13. The smallest absolute Gasteiger partial charge is 0.348 e. The molecule has 0 bridgehead atoms. The van der Waals surface area contributed by atoms with Crippen LogP contribution in [0, 0.1) is 12.7 Å². The molecule has 0 heterocycles. The highest BCUT2D eigenvalue weighted by Crippen LogP contribution is 2.29. The number of anilines is 1. The van der Waals surface area contributed by atoms with E-state index in [1.807, 2.05) is 0 Å². The van der Waals surface area contributed by atoms with Gasteiger partial charge in [0.25, 0.3) is 15.9 Å². The first-order chi connectivity index (χ1) is 15.0. The fraction of sp³-hybridized carbons (Fsp3) is 0.136. The maximum atomic E-state index is 13.8. The van der Waals surface area contributed by atoms with Crippen LogP contribution in [0.3, 0.4) is 0 Å². The van der Waals surface area contributed by atoms with E-state index in [1.54, 1.807) is 6.92 Å². The second kappa shape index (κ2) is 8.99. The molecule has 0 spiro atoms. The van der Waals surface area contributed by atoms with E-state index in [4.69, 9.17) is 0 Å². The van der Waals surface area contributed by atoms with E-state index in [1.165, 1.54) is 42.5 Å². The number of aryl methyl sites for hydroxylation is 1. The number of hydrogen-bond acceptors (Lipinski definition) is 3. The van der Waals surface area contributed by atoms with Crippen molar-refractivity contribution in [2.75, 3.05) is 4.72 Å². The maximum absolute atomic E-state index is 13.8. The molecule has 0 radical (unpaired) electrons. The van der Waals surface area contributed by atoms with E-state index in [-0.39, 0.29) is 28.3 Å². The normalized spacial score (nSPS) is 11.8. The highest BCUT2D eigenvalue weighted by Gasteiger charge is 2.30. The first kappa shape index (κ1) is 23.3. The average Bonchev–Trinajstić information content (AvgIpc) is 2.73. The Morgan fingerprint density at radius 3 is 2.38 bits per heavy atom. The van der Waals surface area contributed by atoms with Crippen molar-refractivity contribution >= 4 is 21.6 Å². The van der Waals surface area contributed by atoms with Gasteiger partial charge in [0.05, 0.1) is 16.1 Å². The van der Waals surface area contributed by atoms with Gasteiger partial charge in [0.1, 0.15) is 5.82 Å². The lowest BCUT2D eigenvalue weighted by atomic mass is 10.1. The van der Waals surface area contributed by atoms with Crippen molar-refractivity contribution in [1.29, 1.82) is 0 Å². The highest BCUT2D eigenvalue weighted by atomic mass is 32.2. The van der Waals surface area contributed by atoms with Crippen molar-refractivity contribution < 1.29 is 30.8 Å². The monoisotopic (exact) mass is 466 g/mol. The molecule has 10 heteroatoms. The number of carbonyl (C=O) groups is 1. The van der Waals surface area contributed by atoms with Crippen molar-refractivity contribution in [1.82, 2.24) is 5.32 Å². The number of rotatable bonds is 6. The molecule has 0 fully saturated rings. The Kier molecular flexibility index (Phi) is 6.54. The second-order valence-corrected chi connectivity index (χ2v) is 8.63. The number of amides is 1. The standard InChI is InChI=1S/C22H18F4N2O3S/c1-14-9-10-17(32(30,31)28-20-8-3-2-7-19(20)23)12-18(14)21(29)27-13-15-5-4-6-16(11-15)22(24,25)26/h2-12,28H,13H2,1H3,(H,27,29). The van der Waals surface area contributed by atoms with E-state index in [9.17, 15) is 30.8 Å². The zero-order valence-corrected chi connectivity index (χ0v) is 17.5. The number of hydrogen-bond donors (Lipinski definition) is 2. The van der Waals surface area contributed by atoms with Gasteiger partial charge >= 0.3 is 6.18 Å². The van der Waals surface area contributed by atoms with Crippen LogP contribution in [0.25, 0.3) is 0 Å². The van der Waals surface area contributed by atoms with Crippen LogP contribution in [0.15, 0.2) is 71.6 Å². The minimum Gasteiger partial charge on any atom is -0.348 e. The number of sulfonamides is 1. The minimum atomic E-state index is -4.51. The van der Waals surface area contributed by atoms with E-state index in [0.717, 1.165) is 24.3 Å². The molecular formula is C22H18F4N2O3S. The van der Waals surface area contributed by atoms with E-state index in [2.05, 4.69) is 10.0 Å². The first-order valence-corrected chi connectivity index (χ1v) is 10.8. The molecular weight excluding hydrogens is 448 g/mol. The summed E-state index contributed by atoms with van der Waals surface area (Å²) in [5, 5.41) is 2.49. The first-order valence-electron chi connectivity index (χ1n) is 9.30. The second-order valence-electron chi connectivity index (χ2n) is 6.94. The highest BCUT2D eigenvalue weighted by molar-refractivity contribution is 7.92. The molecule has 3 aromatic rings. The van der Waals surface area contributed by atoms with Gasteiger partial charge in [-0.3, -0.25) is 9.52 Å². The van der Waals surface area contributed by atoms with E-state index < -0.39 is 33.5 Å². The molecule has 3 rings (SSSR count). The van der Waals surface area contributed by atoms with Crippen LogP contribution in [-0.2, 0) is 22.7 Å². The fourth-order valence-corrected chi connectivity index (χ4v) is 3.99. The Hall–Kier alpha value is -3.40. The SMILES string of the molecule is Cc1ccc(S(=O)(=O)Nc2ccccc2F)cc1C(=O)NCc1cccc(C(F)(F)F)c1. The minimum absolute atomic E-state index is 0.0217. The molecule has 3 aromatic carbocycles. The quantitative estimate of drug-likeness (QED) is 0.509. The average molecular weight is 466 g/mol. The third kappa shape index (κ3) is 5.44. The maximum Gasteiger partial charge on any atom is 0.416 e. The molecule has 0 aromatic heterocycles. The molecule has 5 nitrogen and oxygen atoms in total. The molecule has 0 unspecified atom stereocenters. The molecule has 2 N–H and O–H groups in total. The van der Waals surface area contributed by atoms with Crippen LogP contribution in [0.4, 0.5) is 23.2 Å². The van der Waals surface area contributed by atoms with Crippen LogP contribution in [-0.4, -0.2) is 14.3 Å². The Bertz CT molecular complexity index is 1260. The molecule has 0 saturated carbocycles. The molecule has 0 aliphatic heterocycles. The lowest BCUT2D eigenvalue weighted by molar-refractivity contribution is -0.137. The van der Waals surface area contributed by atoms with Crippen LogP contribution in [0.5, 0.6) is 0 Å². The van der Waals surface area contributed by atoms with Crippen molar-refractivity contribution in [3.8, 4) is 0 Å². The van der Waals surface area contributed by atoms with Crippen molar-refractivity contribution in [3.05, 3.63) is 94.8 Å². The molecule has 32 heavy (non-hydrogen) atoms. The zero-order valence-electron chi connectivity index (χ0n) is 16.7. The largest absolute Gasteiger partial charge is 0.416 e. The summed E-state index contributed by atoms with van der Waals surface area (Å²) < 4.78 is 79.7. The molecule has 0 aliphatic rings. The summed E-state index contributed by atoms with van der Waals surface area (Å²) in [5.41, 5.74) is -0.378. The number of nitrogens with one attached hydrogen (secondary N) is 2. The summed E-state index contributed by atoms with van der Waals surface area (Å²) in [6, 6.07) is 13.5. The summed E-state index contributed by atoms with van der Waals surface area (Å²) in [4.78, 5) is 12.3. The number of benzene rings is 3. The zero-order chi connectivity index (χ0) is 23.5. The number of alkyl halides is 3. The van der Waals surface area contributed by atoms with Gasteiger partial charge in [-0.15, -0.1) is 0 Å².